The van der Waals surface area contributed by atoms with Gasteiger partial charge in [0.25, 0.3) is 5.69 Å². The molecule has 0 radical (unpaired) electrons. The van der Waals surface area contributed by atoms with Crippen molar-refractivity contribution in [1.82, 2.24) is 0 Å². The number of rotatable bonds is 7. The molecule has 19 heavy (non-hydrogen) atoms. The average molecular weight is 271 g/mol. The first-order valence-corrected chi connectivity index (χ1v) is 5.72. The summed E-state index contributed by atoms with van der Waals surface area (Å²) in [6.45, 7) is 1.58. The summed E-state index contributed by atoms with van der Waals surface area (Å²) < 4.78 is 10.1. The van der Waals surface area contributed by atoms with E-state index in [0.717, 1.165) is 0 Å². The predicted octanol–water partition coefficient (Wildman–Crippen LogP) is 1.03. The van der Waals surface area contributed by atoms with Crippen LogP contribution in [0.4, 0.5) is 5.69 Å². The van der Waals surface area contributed by atoms with E-state index in [9.17, 15) is 20.3 Å². The minimum Gasteiger partial charge on any atom is -0.490 e. The lowest BCUT2D eigenvalue weighted by Crippen LogP contribution is -2.23. The van der Waals surface area contributed by atoms with E-state index in [1.54, 1.807) is 0 Å². The van der Waals surface area contributed by atoms with Crippen LogP contribution in [-0.4, -0.2) is 41.6 Å². The van der Waals surface area contributed by atoms with Crippen LogP contribution < -0.4 is 4.74 Å². The Labute approximate surface area is 110 Å². The minimum atomic E-state index is -0.908. The molecular weight excluding hydrogens is 254 g/mol. The van der Waals surface area contributed by atoms with Crippen molar-refractivity contribution in [2.45, 2.75) is 19.1 Å². The van der Waals surface area contributed by atoms with E-state index in [0.29, 0.717) is 11.3 Å². The topological polar surface area (TPSA) is 102 Å². The highest BCUT2D eigenvalue weighted by molar-refractivity contribution is 5.44. The van der Waals surface area contributed by atoms with Gasteiger partial charge < -0.3 is 19.7 Å². The van der Waals surface area contributed by atoms with Crippen molar-refractivity contribution in [3.8, 4) is 5.75 Å². The number of non-ortho nitro benzene ring substituents is 1. The Hall–Kier alpha value is -1.70. The van der Waals surface area contributed by atoms with Crippen LogP contribution in [0.3, 0.4) is 0 Å². The molecule has 1 aromatic carbocycles. The van der Waals surface area contributed by atoms with Gasteiger partial charge >= 0.3 is 0 Å². The van der Waals surface area contributed by atoms with Crippen molar-refractivity contribution in [3.63, 3.8) is 0 Å². The summed E-state index contributed by atoms with van der Waals surface area (Å²) in [6, 6.07) is 3.94. The number of nitro groups is 1. The average Bonchev–Trinajstić information content (AvgIpc) is 2.36. The molecule has 2 N–H and O–H groups in total. The number of methoxy groups -OCH3 is 1. The molecule has 106 valence electrons. The first-order chi connectivity index (χ1) is 8.95. The van der Waals surface area contributed by atoms with Gasteiger partial charge in [-0.1, -0.05) is 0 Å². The van der Waals surface area contributed by atoms with Crippen molar-refractivity contribution in [3.05, 3.63) is 33.9 Å². The van der Waals surface area contributed by atoms with Gasteiger partial charge in [0.05, 0.1) is 17.6 Å². The van der Waals surface area contributed by atoms with E-state index in [1.807, 2.05) is 0 Å². The molecule has 2 atom stereocenters. The monoisotopic (exact) mass is 271 g/mol. The predicted molar refractivity (Wildman–Crippen MR) is 67.1 cm³/mol. The zero-order valence-electron chi connectivity index (χ0n) is 10.8. The molecule has 0 fully saturated rings. The summed E-state index contributed by atoms with van der Waals surface area (Å²) in [6.07, 6.45) is -1.71. The lowest BCUT2D eigenvalue weighted by Gasteiger charge is -2.15. The summed E-state index contributed by atoms with van der Waals surface area (Å²) in [5.41, 5.74) is 0.180. The maximum Gasteiger partial charge on any atom is 0.270 e. The number of ether oxygens (including phenoxy) is 2. The molecule has 7 nitrogen and oxygen atoms in total. The zero-order valence-corrected chi connectivity index (χ0v) is 10.8. The van der Waals surface area contributed by atoms with E-state index in [4.69, 9.17) is 9.47 Å². The standard InChI is InChI=1S/C12H17NO6/c1-8(14)11-5-9(13(16)17)3-4-12(11)19-7-10(15)6-18-2/h3-5,8,10,14-15H,6-7H2,1-2H3. The highest BCUT2D eigenvalue weighted by atomic mass is 16.6. The molecule has 0 saturated heterocycles. The SMILES string of the molecule is COCC(O)COc1ccc([N+](=O)[O-])cc1C(C)O. The van der Waals surface area contributed by atoms with Crippen LogP contribution in [0, 0.1) is 10.1 Å². The fourth-order valence-electron chi connectivity index (χ4n) is 1.53. The van der Waals surface area contributed by atoms with Gasteiger partial charge in [0.1, 0.15) is 18.5 Å². The molecule has 0 bridgehead atoms. The molecule has 2 unspecified atom stereocenters. The van der Waals surface area contributed by atoms with Crippen molar-refractivity contribution in [1.29, 1.82) is 0 Å². The summed E-state index contributed by atoms with van der Waals surface area (Å²) >= 11 is 0. The van der Waals surface area contributed by atoms with Gasteiger partial charge in [0, 0.05) is 24.8 Å². The van der Waals surface area contributed by atoms with Crippen LogP contribution in [0.2, 0.25) is 0 Å². The number of nitro benzene ring substituents is 1. The molecule has 7 heteroatoms. The molecule has 0 amide bonds. The number of nitrogens with zero attached hydrogens (tertiary/aromatic N) is 1. The van der Waals surface area contributed by atoms with E-state index in [-0.39, 0.29) is 18.9 Å². The molecule has 0 aliphatic heterocycles. The molecule has 0 aromatic heterocycles. The molecule has 1 rings (SSSR count). The number of benzene rings is 1. The quantitative estimate of drug-likeness (QED) is 0.567. The second-order valence-corrected chi connectivity index (χ2v) is 4.08. The lowest BCUT2D eigenvalue weighted by atomic mass is 10.1. The maximum absolute atomic E-state index is 10.7. The molecule has 0 saturated carbocycles. The van der Waals surface area contributed by atoms with Crippen molar-refractivity contribution >= 4 is 5.69 Å². The molecule has 0 aliphatic rings. The third-order valence-corrected chi connectivity index (χ3v) is 2.44. The van der Waals surface area contributed by atoms with Crippen LogP contribution in [-0.2, 0) is 4.74 Å². The number of aliphatic hydroxyl groups is 2. The second kappa shape index (κ2) is 7.03. The Morgan fingerprint density at radius 2 is 2.05 bits per heavy atom. The summed E-state index contributed by atoms with van der Waals surface area (Å²) in [7, 11) is 1.45. The Balaban J connectivity index is 2.85. The zero-order chi connectivity index (χ0) is 14.4. The van der Waals surface area contributed by atoms with E-state index < -0.39 is 17.1 Å². The van der Waals surface area contributed by atoms with Gasteiger partial charge in [-0.05, 0) is 13.0 Å². The van der Waals surface area contributed by atoms with Gasteiger partial charge in [-0.15, -0.1) is 0 Å². The fourth-order valence-corrected chi connectivity index (χ4v) is 1.53. The van der Waals surface area contributed by atoms with Gasteiger partial charge in [-0.3, -0.25) is 10.1 Å². The highest BCUT2D eigenvalue weighted by Gasteiger charge is 2.16. The van der Waals surface area contributed by atoms with Crippen LogP contribution >= 0.6 is 0 Å². The number of hydrogen-bond donors (Lipinski definition) is 2. The van der Waals surface area contributed by atoms with Crippen LogP contribution in [0.15, 0.2) is 18.2 Å². The van der Waals surface area contributed by atoms with Gasteiger partial charge in [-0.25, -0.2) is 0 Å². The highest BCUT2D eigenvalue weighted by Crippen LogP contribution is 2.29. The van der Waals surface area contributed by atoms with Crippen LogP contribution in [0.5, 0.6) is 5.75 Å². The van der Waals surface area contributed by atoms with Gasteiger partial charge in [-0.2, -0.15) is 0 Å². The lowest BCUT2D eigenvalue weighted by molar-refractivity contribution is -0.385. The summed E-state index contributed by atoms with van der Waals surface area (Å²) in [4.78, 5) is 10.1. The largest absolute Gasteiger partial charge is 0.490 e. The van der Waals surface area contributed by atoms with Gasteiger partial charge in [0.15, 0.2) is 0 Å². The van der Waals surface area contributed by atoms with Crippen LogP contribution in [0.25, 0.3) is 0 Å². The Morgan fingerprint density at radius 1 is 1.37 bits per heavy atom. The first kappa shape index (κ1) is 15.4. The molecule has 0 aliphatic carbocycles. The number of aliphatic hydroxyl groups excluding tert-OH is 2. The first-order valence-electron chi connectivity index (χ1n) is 5.72. The van der Waals surface area contributed by atoms with E-state index in [1.165, 1.54) is 32.2 Å². The minimum absolute atomic E-state index is 0.0224. The fraction of sp³-hybridized carbons (Fsp3) is 0.500. The normalized spacial score (nSPS) is 13.9. The smallest absolute Gasteiger partial charge is 0.270 e. The van der Waals surface area contributed by atoms with Crippen molar-refractivity contribution < 1.29 is 24.6 Å². The van der Waals surface area contributed by atoms with E-state index >= 15 is 0 Å². The van der Waals surface area contributed by atoms with E-state index in [2.05, 4.69) is 0 Å². The maximum atomic E-state index is 10.7. The third kappa shape index (κ3) is 4.47. The van der Waals surface area contributed by atoms with Gasteiger partial charge in [0.2, 0.25) is 0 Å². The summed E-state index contributed by atoms with van der Waals surface area (Å²) in [5.74, 6) is 0.302. The van der Waals surface area contributed by atoms with Crippen LogP contribution in [0.1, 0.15) is 18.6 Å². The Morgan fingerprint density at radius 3 is 2.58 bits per heavy atom. The molecule has 1 aromatic rings. The molecular formula is C12H17NO6. The molecule has 0 heterocycles. The van der Waals surface area contributed by atoms with Crippen molar-refractivity contribution in [2.75, 3.05) is 20.3 Å². The second-order valence-electron chi connectivity index (χ2n) is 4.08. The molecule has 0 spiro atoms. The number of hydrogen-bond acceptors (Lipinski definition) is 6. The Kier molecular flexibility index (Phi) is 5.68. The Bertz CT molecular complexity index is 434. The summed E-state index contributed by atoms with van der Waals surface area (Å²) in [5, 5.41) is 29.7. The van der Waals surface area contributed by atoms with Crippen molar-refractivity contribution in [2.24, 2.45) is 0 Å². The third-order valence-electron chi connectivity index (χ3n) is 2.44.